The number of carbonyl (C=O) groups is 1. The van der Waals surface area contributed by atoms with E-state index in [4.69, 9.17) is 42.6 Å². The number of hydrogen-bond donors (Lipinski definition) is 2. The van der Waals surface area contributed by atoms with Crippen LogP contribution in [0.4, 0.5) is 0 Å². The Kier molecular flexibility index (Phi) is 28.5. The monoisotopic (exact) mass is 1140 g/mol. The highest BCUT2D eigenvalue weighted by Crippen LogP contribution is 2.38. The van der Waals surface area contributed by atoms with E-state index in [1.54, 1.807) is 0 Å². The van der Waals surface area contributed by atoms with Gasteiger partial charge in [-0.2, -0.15) is 0 Å². The minimum absolute atomic E-state index is 0.0775. The lowest BCUT2D eigenvalue weighted by Gasteiger charge is -2.47. The van der Waals surface area contributed by atoms with Crippen LogP contribution >= 0.6 is 0 Å². The van der Waals surface area contributed by atoms with Crippen LogP contribution in [-0.4, -0.2) is 102 Å². The van der Waals surface area contributed by atoms with E-state index in [9.17, 15) is 15.0 Å². The molecule has 0 unspecified atom stereocenters. The maximum absolute atomic E-state index is 11.9. The number of ether oxygens (including phenoxy) is 9. The Balaban J connectivity index is 0.916. The molecule has 4 aromatic carbocycles. The van der Waals surface area contributed by atoms with E-state index in [0.29, 0.717) is 39.3 Å². The molecule has 13 atom stereocenters. The lowest BCUT2D eigenvalue weighted by atomic mass is 9.96. The van der Waals surface area contributed by atoms with Gasteiger partial charge in [-0.25, -0.2) is 4.79 Å². The van der Waals surface area contributed by atoms with Gasteiger partial charge in [-0.15, -0.1) is 0 Å². The summed E-state index contributed by atoms with van der Waals surface area (Å²) in [5.41, 5.74) is 4.98. The predicted octanol–water partition coefficient (Wildman–Crippen LogP) is 14.6. The lowest BCUT2D eigenvalue weighted by molar-refractivity contribution is -0.341. The van der Waals surface area contributed by atoms with Crippen molar-refractivity contribution in [1.29, 1.82) is 0 Å². The van der Waals surface area contributed by atoms with Gasteiger partial charge in [0.15, 0.2) is 6.29 Å². The summed E-state index contributed by atoms with van der Waals surface area (Å²) < 4.78 is 61.3. The number of aliphatic hydroxyl groups excluding tert-OH is 2. The summed E-state index contributed by atoms with van der Waals surface area (Å²) in [7, 11) is 0. The number of rotatable bonds is 40. The van der Waals surface area contributed by atoms with Gasteiger partial charge in [-0.3, -0.25) is 0 Å². The Bertz CT molecular complexity index is 2370. The minimum Gasteiger partial charge on any atom is -0.455 e. The molecule has 0 saturated carbocycles. The Hall–Kier alpha value is -4.31. The summed E-state index contributed by atoms with van der Waals surface area (Å²) in [6, 6.07) is 40.7. The van der Waals surface area contributed by atoms with Gasteiger partial charge in [0.05, 0.1) is 75.8 Å². The van der Waals surface area contributed by atoms with Crippen LogP contribution in [0.2, 0.25) is 0 Å². The first-order chi connectivity index (χ1) is 40.8. The van der Waals surface area contributed by atoms with E-state index in [1.807, 2.05) is 85.8 Å². The molecule has 3 saturated heterocycles. The zero-order valence-corrected chi connectivity index (χ0v) is 50.1. The summed E-state index contributed by atoms with van der Waals surface area (Å²) in [5, 5.41) is 22.7. The summed E-state index contributed by atoms with van der Waals surface area (Å²) in [5.74, 6) is -0.135. The van der Waals surface area contributed by atoms with Crippen LogP contribution in [0.15, 0.2) is 133 Å². The highest BCUT2D eigenvalue weighted by atomic mass is 16.7. The van der Waals surface area contributed by atoms with Crippen molar-refractivity contribution in [2.75, 3.05) is 6.61 Å². The van der Waals surface area contributed by atoms with Crippen molar-refractivity contribution >= 4 is 5.97 Å². The Morgan fingerprint density at radius 1 is 0.506 bits per heavy atom. The molecule has 4 aromatic rings. The number of cyclic esters (lactones) is 1. The molecule has 456 valence electrons. The largest absolute Gasteiger partial charge is 0.455 e. The average Bonchev–Trinajstić information content (AvgIpc) is 4.38. The van der Waals surface area contributed by atoms with Gasteiger partial charge in [0, 0.05) is 5.57 Å². The number of esters is 1. The number of aliphatic hydroxyl groups is 2. The molecule has 4 aliphatic heterocycles. The van der Waals surface area contributed by atoms with Crippen LogP contribution in [0.1, 0.15) is 190 Å². The molecule has 12 nitrogen and oxygen atoms in total. The Labute approximate surface area is 497 Å². The van der Waals surface area contributed by atoms with Crippen molar-refractivity contribution in [1.82, 2.24) is 0 Å². The average molecular weight is 1150 g/mol. The molecule has 0 aliphatic carbocycles. The SMILES string of the molecule is CCCCCC[C@H](O)CCC[C@H](O[C@H]1O[C@H](COCc2ccccc2)[C@@H](OCc2ccccc2)[C@H](OCc2ccccc2)[C@H]1OCc1ccccc1)[C@H]1CC[C@H]([C@H]2CC[C@H]([C@H](O)CCCCCCCCCCCCC3=C[C@H](C)OC3=O)O2)O1. The van der Waals surface area contributed by atoms with E-state index in [1.165, 1.54) is 44.9 Å². The van der Waals surface area contributed by atoms with Crippen LogP contribution in [-0.2, 0) is 73.9 Å². The molecule has 4 aliphatic rings. The molecule has 0 aromatic heterocycles. The topological polar surface area (TPSA) is 141 Å². The van der Waals surface area contributed by atoms with Crippen molar-refractivity contribution in [2.24, 2.45) is 0 Å². The number of unbranched alkanes of at least 4 members (excludes halogenated alkanes) is 12. The molecule has 12 heteroatoms. The van der Waals surface area contributed by atoms with Crippen LogP contribution in [0.3, 0.4) is 0 Å². The highest BCUT2D eigenvalue weighted by molar-refractivity contribution is 5.90. The van der Waals surface area contributed by atoms with Gasteiger partial charge in [-0.05, 0) is 106 Å². The Morgan fingerprint density at radius 2 is 0.988 bits per heavy atom. The van der Waals surface area contributed by atoms with E-state index < -0.39 is 42.9 Å². The summed E-state index contributed by atoms with van der Waals surface area (Å²) in [6.07, 6.45) is 20.3. The van der Waals surface area contributed by atoms with Crippen LogP contribution < -0.4 is 0 Å². The first-order valence-electron chi connectivity index (χ1n) is 32.3. The number of benzene rings is 4. The van der Waals surface area contributed by atoms with Crippen molar-refractivity contribution in [3.8, 4) is 0 Å². The number of hydrogen-bond acceptors (Lipinski definition) is 12. The van der Waals surface area contributed by atoms with Crippen LogP contribution in [0.25, 0.3) is 0 Å². The van der Waals surface area contributed by atoms with E-state index in [0.717, 1.165) is 124 Å². The van der Waals surface area contributed by atoms with Gasteiger partial charge in [-0.1, -0.05) is 212 Å². The van der Waals surface area contributed by atoms with Gasteiger partial charge in [0.2, 0.25) is 0 Å². The van der Waals surface area contributed by atoms with E-state index in [-0.39, 0.29) is 49.2 Å². The fourth-order valence-corrected chi connectivity index (χ4v) is 12.4. The smallest absolute Gasteiger partial charge is 0.334 e. The highest BCUT2D eigenvalue weighted by Gasteiger charge is 2.51. The Morgan fingerprint density at radius 3 is 1.55 bits per heavy atom. The van der Waals surface area contributed by atoms with Crippen molar-refractivity contribution in [2.45, 2.75) is 274 Å². The second-order valence-electron chi connectivity index (χ2n) is 24.0. The fourth-order valence-electron chi connectivity index (χ4n) is 12.4. The molecular formula is C71H100O12. The third-order valence-electron chi connectivity index (χ3n) is 17.2. The normalized spacial score (nSPS) is 25.5. The summed E-state index contributed by atoms with van der Waals surface area (Å²) in [6.45, 7) is 5.69. The second kappa shape index (κ2) is 36.6. The van der Waals surface area contributed by atoms with Crippen molar-refractivity contribution < 1.29 is 57.6 Å². The molecule has 0 amide bonds. The summed E-state index contributed by atoms with van der Waals surface area (Å²) in [4.78, 5) is 11.9. The van der Waals surface area contributed by atoms with Gasteiger partial charge >= 0.3 is 5.97 Å². The maximum Gasteiger partial charge on any atom is 0.334 e. The first kappa shape index (κ1) is 64.7. The standard InChI is InChI=1S/C71H100O12/c1-3-4-5-27-39-59(72)40-29-42-62(63-45-46-65(81-63)64-44-43-61(80-64)60(73)41-28-13-11-9-7-6-8-10-12-26-38-58-47-53(2)79-70(58)74)82-71-69(78-51-57-36-24-17-25-37-57)68(77-50-56-34-22-16-23-35-56)67(76-49-55-32-20-15-21-33-55)66(83-71)52-75-48-54-30-18-14-19-31-54/h14-25,30-37,47,53,59-69,71-73H,3-13,26-29,38-46,48-52H2,1-2H3/t53-,59-,60+,61+,62-,63+,64+,65+,66+,67+,68-,69+,71-/m0/s1. The summed E-state index contributed by atoms with van der Waals surface area (Å²) >= 11 is 0. The van der Waals surface area contributed by atoms with Gasteiger partial charge in [0.25, 0.3) is 0 Å². The first-order valence-corrected chi connectivity index (χ1v) is 32.3. The molecule has 0 bridgehead atoms. The van der Waals surface area contributed by atoms with E-state index in [2.05, 4.69) is 55.5 Å². The molecule has 0 radical (unpaired) electrons. The quantitative estimate of drug-likeness (QED) is 0.0324. The molecular weight excluding hydrogens is 1040 g/mol. The fraction of sp³-hybridized carbons (Fsp3) is 0.620. The lowest BCUT2D eigenvalue weighted by Crippen LogP contribution is -2.62. The van der Waals surface area contributed by atoms with Crippen LogP contribution in [0, 0.1) is 0 Å². The maximum atomic E-state index is 11.9. The van der Waals surface area contributed by atoms with Crippen molar-refractivity contribution in [3.63, 3.8) is 0 Å². The van der Waals surface area contributed by atoms with E-state index >= 15 is 0 Å². The van der Waals surface area contributed by atoms with Gasteiger partial charge in [0.1, 0.15) is 30.5 Å². The second-order valence-corrected chi connectivity index (χ2v) is 24.0. The third kappa shape index (κ3) is 22.2. The molecule has 8 rings (SSSR count). The third-order valence-corrected chi connectivity index (χ3v) is 17.2. The zero-order chi connectivity index (χ0) is 57.7. The molecule has 4 heterocycles. The molecule has 0 spiro atoms. The van der Waals surface area contributed by atoms with Crippen molar-refractivity contribution in [3.05, 3.63) is 155 Å². The molecule has 2 N–H and O–H groups in total. The molecule has 83 heavy (non-hydrogen) atoms. The van der Waals surface area contributed by atoms with Gasteiger partial charge < -0.3 is 52.8 Å². The molecule has 3 fully saturated rings. The zero-order valence-electron chi connectivity index (χ0n) is 50.1. The predicted molar refractivity (Wildman–Crippen MR) is 324 cm³/mol. The van der Waals surface area contributed by atoms with Crippen LogP contribution in [0.5, 0.6) is 0 Å². The minimum atomic E-state index is -0.898. The number of carbonyl (C=O) groups excluding carboxylic acids is 1.